The van der Waals surface area contributed by atoms with Gasteiger partial charge in [-0.2, -0.15) is 5.10 Å². The molecule has 0 amide bonds. The van der Waals surface area contributed by atoms with Crippen LogP contribution in [0.15, 0.2) is 23.3 Å². The quantitative estimate of drug-likeness (QED) is 0.513. The molecule has 6 heteroatoms. The Balaban J connectivity index is 2.72. The van der Waals surface area contributed by atoms with Crippen molar-refractivity contribution >= 4 is 29.0 Å². The van der Waals surface area contributed by atoms with Crippen molar-refractivity contribution in [1.82, 2.24) is 0 Å². The molecule has 0 spiro atoms. The van der Waals surface area contributed by atoms with Crippen LogP contribution in [0.5, 0.6) is 0 Å². The molecule has 0 aliphatic heterocycles. The van der Waals surface area contributed by atoms with Gasteiger partial charge in [-0.05, 0) is 32.0 Å². The van der Waals surface area contributed by atoms with Crippen LogP contribution in [-0.4, -0.2) is 18.3 Å². The number of nitrogens with one attached hydrogen (secondary N) is 1. The summed E-state index contributed by atoms with van der Waals surface area (Å²) in [5.41, 5.74) is 2.68. The first kappa shape index (κ1) is 13.4. The number of anilines is 1. The number of halogens is 2. The SMILES string of the molecule is CCOC(=O)C(C)=NNc1ccc(Cl)cc1F. The van der Waals surface area contributed by atoms with Crippen molar-refractivity contribution in [2.24, 2.45) is 5.10 Å². The lowest BCUT2D eigenvalue weighted by molar-refractivity contribution is -0.135. The van der Waals surface area contributed by atoms with E-state index in [1.807, 2.05) is 0 Å². The van der Waals surface area contributed by atoms with Crippen LogP contribution in [0, 0.1) is 5.82 Å². The molecule has 1 aromatic rings. The van der Waals surface area contributed by atoms with Crippen LogP contribution in [0.3, 0.4) is 0 Å². The Morgan fingerprint density at radius 3 is 2.88 bits per heavy atom. The highest BCUT2D eigenvalue weighted by Crippen LogP contribution is 2.18. The molecule has 0 aromatic heterocycles. The van der Waals surface area contributed by atoms with Crippen molar-refractivity contribution in [3.8, 4) is 0 Å². The van der Waals surface area contributed by atoms with Gasteiger partial charge in [0.05, 0.1) is 12.3 Å². The second-order valence-corrected chi connectivity index (χ2v) is 3.59. The Labute approximate surface area is 103 Å². The van der Waals surface area contributed by atoms with Crippen LogP contribution in [0.25, 0.3) is 0 Å². The van der Waals surface area contributed by atoms with E-state index in [-0.39, 0.29) is 18.0 Å². The summed E-state index contributed by atoms with van der Waals surface area (Å²) in [7, 11) is 0. The van der Waals surface area contributed by atoms with Crippen molar-refractivity contribution in [1.29, 1.82) is 0 Å². The highest BCUT2D eigenvalue weighted by Gasteiger charge is 2.07. The van der Waals surface area contributed by atoms with Crippen LogP contribution in [0.2, 0.25) is 5.02 Å². The number of hydrogen-bond donors (Lipinski definition) is 1. The van der Waals surface area contributed by atoms with Crippen LogP contribution in [0.4, 0.5) is 10.1 Å². The Morgan fingerprint density at radius 2 is 2.29 bits per heavy atom. The fourth-order valence-electron chi connectivity index (χ4n) is 1.01. The second-order valence-electron chi connectivity index (χ2n) is 3.15. The van der Waals surface area contributed by atoms with Crippen molar-refractivity contribution in [3.63, 3.8) is 0 Å². The summed E-state index contributed by atoms with van der Waals surface area (Å²) < 4.78 is 18.0. The molecule has 0 saturated heterocycles. The van der Waals surface area contributed by atoms with Crippen LogP contribution < -0.4 is 5.43 Å². The molecule has 1 N–H and O–H groups in total. The number of rotatable bonds is 4. The molecule has 0 fully saturated rings. The summed E-state index contributed by atoms with van der Waals surface area (Å²) in [5.74, 6) is -1.09. The van der Waals surface area contributed by atoms with Crippen molar-refractivity contribution in [3.05, 3.63) is 29.0 Å². The Hall–Kier alpha value is -1.62. The third kappa shape index (κ3) is 4.03. The van der Waals surface area contributed by atoms with E-state index in [9.17, 15) is 9.18 Å². The normalized spacial score (nSPS) is 11.2. The van der Waals surface area contributed by atoms with Gasteiger partial charge < -0.3 is 4.74 Å². The zero-order valence-corrected chi connectivity index (χ0v) is 10.2. The molecule has 92 valence electrons. The number of hydrogen-bond acceptors (Lipinski definition) is 4. The lowest BCUT2D eigenvalue weighted by Crippen LogP contribution is -2.15. The summed E-state index contributed by atoms with van der Waals surface area (Å²) >= 11 is 5.59. The summed E-state index contributed by atoms with van der Waals surface area (Å²) in [5, 5.41) is 4.00. The molecule has 0 unspecified atom stereocenters. The average molecular weight is 259 g/mol. The Kier molecular flexibility index (Phi) is 4.90. The van der Waals surface area contributed by atoms with E-state index in [2.05, 4.69) is 10.5 Å². The molecule has 0 aliphatic carbocycles. The van der Waals surface area contributed by atoms with E-state index in [1.54, 1.807) is 6.92 Å². The number of hydrazone groups is 1. The number of ether oxygens (including phenoxy) is 1. The minimum Gasteiger partial charge on any atom is -0.461 e. The van der Waals surface area contributed by atoms with Gasteiger partial charge in [0.2, 0.25) is 0 Å². The maximum atomic E-state index is 13.3. The largest absolute Gasteiger partial charge is 0.461 e. The van der Waals surface area contributed by atoms with Crippen LogP contribution >= 0.6 is 11.6 Å². The van der Waals surface area contributed by atoms with Crippen LogP contribution in [0.1, 0.15) is 13.8 Å². The summed E-state index contributed by atoms with van der Waals surface area (Å²) in [6.45, 7) is 3.43. The van der Waals surface area contributed by atoms with Crippen molar-refractivity contribution in [2.75, 3.05) is 12.0 Å². The fourth-order valence-corrected chi connectivity index (χ4v) is 1.16. The van der Waals surface area contributed by atoms with Gasteiger partial charge in [0, 0.05) is 5.02 Å². The highest BCUT2D eigenvalue weighted by molar-refractivity contribution is 6.35. The van der Waals surface area contributed by atoms with Gasteiger partial charge in [-0.15, -0.1) is 0 Å². The van der Waals surface area contributed by atoms with E-state index in [4.69, 9.17) is 16.3 Å². The molecule has 17 heavy (non-hydrogen) atoms. The summed E-state index contributed by atoms with van der Waals surface area (Å²) in [4.78, 5) is 11.2. The first-order valence-electron chi connectivity index (χ1n) is 4.97. The van der Waals surface area contributed by atoms with Gasteiger partial charge in [-0.3, -0.25) is 5.43 Å². The molecule has 0 heterocycles. The average Bonchev–Trinajstić information content (AvgIpc) is 2.27. The molecule has 1 rings (SSSR count). The predicted octanol–water partition coefficient (Wildman–Crippen LogP) is 2.83. The lowest BCUT2D eigenvalue weighted by Gasteiger charge is -2.04. The first-order chi connectivity index (χ1) is 8.04. The molecule has 4 nitrogen and oxygen atoms in total. The van der Waals surface area contributed by atoms with Crippen LogP contribution in [-0.2, 0) is 9.53 Å². The topological polar surface area (TPSA) is 50.7 Å². The second kappa shape index (κ2) is 6.20. The molecular weight excluding hydrogens is 247 g/mol. The molecule has 0 radical (unpaired) electrons. The fraction of sp³-hybridized carbons (Fsp3) is 0.273. The smallest absolute Gasteiger partial charge is 0.354 e. The van der Waals surface area contributed by atoms with E-state index < -0.39 is 11.8 Å². The molecule has 0 aliphatic rings. The Bertz CT molecular complexity index is 449. The van der Waals surface area contributed by atoms with Gasteiger partial charge in [-0.25, -0.2) is 9.18 Å². The van der Waals surface area contributed by atoms with E-state index in [0.29, 0.717) is 5.02 Å². The van der Waals surface area contributed by atoms with Gasteiger partial charge in [0.15, 0.2) is 0 Å². The first-order valence-corrected chi connectivity index (χ1v) is 5.35. The lowest BCUT2D eigenvalue weighted by atomic mass is 10.3. The van der Waals surface area contributed by atoms with E-state index in [1.165, 1.54) is 19.1 Å². The maximum absolute atomic E-state index is 13.3. The molecular formula is C11H12ClFN2O2. The van der Waals surface area contributed by atoms with Crippen molar-refractivity contribution < 1.29 is 13.9 Å². The predicted molar refractivity (Wildman–Crippen MR) is 64.8 cm³/mol. The standard InChI is InChI=1S/C11H12ClFN2O2/c1-3-17-11(16)7(2)14-15-10-5-4-8(12)6-9(10)13/h4-6,15H,3H2,1-2H3. The van der Waals surface area contributed by atoms with E-state index in [0.717, 1.165) is 6.07 Å². The molecule has 0 atom stereocenters. The van der Waals surface area contributed by atoms with Gasteiger partial charge >= 0.3 is 5.97 Å². The summed E-state index contributed by atoms with van der Waals surface area (Å²) in [6, 6.07) is 4.10. The third-order valence-corrected chi connectivity index (χ3v) is 2.08. The maximum Gasteiger partial charge on any atom is 0.354 e. The zero-order valence-electron chi connectivity index (χ0n) is 9.46. The zero-order chi connectivity index (χ0) is 12.8. The number of carbonyl (C=O) groups is 1. The monoisotopic (exact) mass is 258 g/mol. The minimum atomic E-state index is -0.547. The minimum absolute atomic E-state index is 0.112. The van der Waals surface area contributed by atoms with Gasteiger partial charge in [-0.1, -0.05) is 11.6 Å². The van der Waals surface area contributed by atoms with Crippen molar-refractivity contribution in [2.45, 2.75) is 13.8 Å². The van der Waals surface area contributed by atoms with E-state index >= 15 is 0 Å². The molecule has 1 aromatic carbocycles. The molecule has 0 saturated carbocycles. The molecule has 0 bridgehead atoms. The number of esters is 1. The highest BCUT2D eigenvalue weighted by atomic mass is 35.5. The number of benzene rings is 1. The Morgan fingerprint density at radius 1 is 1.59 bits per heavy atom. The summed E-state index contributed by atoms with van der Waals surface area (Å²) in [6.07, 6.45) is 0. The number of carbonyl (C=O) groups excluding carboxylic acids is 1. The van der Waals surface area contributed by atoms with Gasteiger partial charge in [0.1, 0.15) is 11.5 Å². The number of nitrogens with zero attached hydrogens (tertiary/aromatic N) is 1. The van der Waals surface area contributed by atoms with Gasteiger partial charge in [0.25, 0.3) is 0 Å². The third-order valence-electron chi connectivity index (χ3n) is 1.85.